The van der Waals surface area contributed by atoms with Crippen LogP contribution in [-0.2, 0) is 11.0 Å². The summed E-state index contributed by atoms with van der Waals surface area (Å²) in [6, 6.07) is 3.31. The van der Waals surface area contributed by atoms with Gasteiger partial charge in [-0.05, 0) is 32.3 Å². The molecule has 0 unspecified atom stereocenters. The van der Waals surface area contributed by atoms with Gasteiger partial charge < -0.3 is 16.0 Å². The third-order valence-electron chi connectivity index (χ3n) is 2.43. The number of amides is 1. The Morgan fingerprint density at radius 1 is 1.37 bits per heavy atom. The number of hydrogen-bond acceptors (Lipinski definition) is 3. The van der Waals surface area contributed by atoms with Gasteiger partial charge in [0.25, 0.3) is 0 Å². The Bertz CT molecular complexity index is 458. The third-order valence-corrected chi connectivity index (χ3v) is 2.43. The zero-order valence-electron chi connectivity index (χ0n) is 10.7. The number of carbonyl (C=O) groups excluding carboxylic acids is 1. The number of carbonyl (C=O) groups is 1. The van der Waals surface area contributed by atoms with Crippen LogP contribution in [0.5, 0.6) is 0 Å². The van der Waals surface area contributed by atoms with Crippen LogP contribution in [0.1, 0.15) is 12.0 Å². The molecular formula is C12H16F3N3O. The fraction of sp³-hybridized carbons (Fsp3) is 0.417. The summed E-state index contributed by atoms with van der Waals surface area (Å²) in [6.45, 7) is 0.521. The number of nitrogen functional groups attached to an aromatic ring is 1. The van der Waals surface area contributed by atoms with Gasteiger partial charge >= 0.3 is 6.18 Å². The molecule has 7 heteroatoms. The molecule has 0 radical (unpaired) electrons. The van der Waals surface area contributed by atoms with Crippen LogP contribution in [-0.4, -0.2) is 31.4 Å². The van der Waals surface area contributed by atoms with Gasteiger partial charge in [-0.2, -0.15) is 13.2 Å². The van der Waals surface area contributed by atoms with E-state index in [0.717, 1.165) is 12.1 Å². The van der Waals surface area contributed by atoms with Gasteiger partial charge in [-0.3, -0.25) is 4.79 Å². The van der Waals surface area contributed by atoms with E-state index >= 15 is 0 Å². The molecule has 0 fully saturated rings. The maximum atomic E-state index is 12.6. The van der Waals surface area contributed by atoms with E-state index in [1.165, 1.54) is 6.07 Å². The van der Waals surface area contributed by atoms with Gasteiger partial charge in [0.2, 0.25) is 5.91 Å². The van der Waals surface area contributed by atoms with Crippen LogP contribution in [0.25, 0.3) is 0 Å². The molecule has 19 heavy (non-hydrogen) atoms. The quantitative estimate of drug-likeness (QED) is 0.828. The summed E-state index contributed by atoms with van der Waals surface area (Å²) in [4.78, 5) is 13.3. The molecule has 0 saturated heterocycles. The van der Waals surface area contributed by atoms with Gasteiger partial charge in [-0.15, -0.1) is 0 Å². The Hall–Kier alpha value is -1.76. The van der Waals surface area contributed by atoms with Crippen molar-refractivity contribution in [3.63, 3.8) is 0 Å². The van der Waals surface area contributed by atoms with Crippen LogP contribution in [0.4, 0.5) is 24.5 Å². The zero-order chi connectivity index (χ0) is 14.6. The van der Waals surface area contributed by atoms with Gasteiger partial charge in [-0.1, -0.05) is 0 Å². The standard InChI is InChI=1S/C12H16F3N3O/c1-18(2)6-5-11(19)17-8-3-4-10(16)9(7-8)12(13,14)15/h3-4,7H,5-6,16H2,1-2H3,(H,17,19). The molecule has 1 rings (SSSR count). The summed E-state index contributed by atoms with van der Waals surface area (Å²) in [7, 11) is 3.61. The fourth-order valence-electron chi connectivity index (χ4n) is 1.43. The molecule has 1 aromatic carbocycles. The maximum absolute atomic E-state index is 12.6. The maximum Gasteiger partial charge on any atom is 0.418 e. The lowest BCUT2D eigenvalue weighted by Gasteiger charge is -2.13. The topological polar surface area (TPSA) is 58.4 Å². The average molecular weight is 275 g/mol. The first kappa shape index (κ1) is 15.3. The summed E-state index contributed by atoms with van der Waals surface area (Å²) >= 11 is 0. The van der Waals surface area contributed by atoms with E-state index in [2.05, 4.69) is 5.32 Å². The largest absolute Gasteiger partial charge is 0.418 e. The number of anilines is 2. The molecule has 0 saturated carbocycles. The predicted octanol–water partition coefficient (Wildman–Crippen LogP) is 2.18. The second-order valence-electron chi connectivity index (χ2n) is 4.40. The summed E-state index contributed by atoms with van der Waals surface area (Å²) < 4.78 is 37.9. The van der Waals surface area contributed by atoms with E-state index in [1.807, 2.05) is 4.90 Å². The molecule has 106 valence electrons. The number of halogens is 3. The van der Waals surface area contributed by atoms with Crippen LogP contribution in [0.2, 0.25) is 0 Å². The van der Waals surface area contributed by atoms with Crippen molar-refractivity contribution in [2.24, 2.45) is 0 Å². The van der Waals surface area contributed by atoms with E-state index in [-0.39, 0.29) is 23.7 Å². The van der Waals surface area contributed by atoms with Crippen molar-refractivity contribution < 1.29 is 18.0 Å². The van der Waals surface area contributed by atoms with Crippen LogP contribution < -0.4 is 11.1 Å². The Kier molecular flexibility index (Phi) is 4.77. The second kappa shape index (κ2) is 5.92. The highest BCUT2D eigenvalue weighted by molar-refractivity contribution is 5.91. The van der Waals surface area contributed by atoms with Crippen LogP contribution in [0.3, 0.4) is 0 Å². The number of alkyl halides is 3. The minimum atomic E-state index is -4.53. The van der Waals surface area contributed by atoms with Crippen molar-refractivity contribution in [2.45, 2.75) is 12.6 Å². The highest BCUT2D eigenvalue weighted by atomic mass is 19.4. The van der Waals surface area contributed by atoms with Crippen LogP contribution in [0, 0.1) is 0 Å². The Morgan fingerprint density at radius 2 is 2.00 bits per heavy atom. The SMILES string of the molecule is CN(C)CCC(=O)Nc1ccc(N)c(C(F)(F)F)c1. The molecule has 0 atom stereocenters. The van der Waals surface area contributed by atoms with Crippen molar-refractivity contribution in [3.8, 4) is 0 Å². The Labute approximate surface area is 109 Å². The molecule has 0 aliphatic carbocycles. The number of nitrogens with one attached hydrogen (secondary N) is 1. The summed E-state index contributed by atoms with van der Waals surface area (Å²) in [5.41, 5.74) is 4.05. The number of nitrogens with two attached hydrogens (primary N) is 1. The van der Waals surface area contributed by atoms with Crippen molar-refractivity contribution in [2.75, 3.05) is 31.7 Å². The van der Waals surface area contributed by atoms with Gasteiger partial charge in [0.15, 0.2) is 0 Å². The predicted molar refractivity (Wildman–Crippen MR) is 67.7 cm³/mol. The van der Waals surface area contributed by atoms with E-state index < -0.39 is 11.7 Å². The number of benzene rings is 1. The lowest BCUT2D eigenvalue weighted by molar-refractivity contribution is -0.136. The molecule has 0 aliphatic rings. The van der Waals surface area contributed by atoms with E-state index in [0.29, 0.717) is 6.54 Å². The summed E-state index contributed by atoms with van der Waals surface area (Å²) in [5.74, 6) is -0.341. The first-order valence-electron chi connectivity index (χ1n) is 5.61. The highest BCUT2D eigenvalue weighted by Crippen LogP contribution is 2.35. The summed E-state index contributed by atoms with van der Waals surface area (Å²) in [6.07, 6.45) is -4.33. The van der Waals surface area contributed by atoms with Crippen molar-refractivity contribution in [3.05, 3.63) is 23.8 Å². The fourth-order valence-corrected chi connectivity index (χ4v) is 1.43. The molecule has 1 amide bonds. The monoisotopic (exact) mass is 275 g/mol. The number of rotatable bonds is 4. The number of hydrogen-bond donors (Lipinski definition) is 2. The van der Waals surface area contributed by atoms with Crippen molar-refractivity contribution in [1.29, 1.82) is 0 Å². The highest BCUT2D eigenvalue weighted by Gasteiger charge is 2.33. The lowest BCUT2D eigenvalue weighted by atomic mass is 10.1. The van der Waals surface area contributed by atoms with Crippen molar-refractivity contribution in [1.82, 2.24) is 4.90 Å². The minimum Gasteiger partial charge on any atom is -0.398 e. The van der Waals surface area contributed by atoms with E-state index in [1.54, 1.807) is 14.1 Å². The first-order valence-corrected chi connectivity index (χ1v) is 5.61. The van der Waals surface area contributed by atoms with E-state index in [4.69, 9.17) is 5.73 Å². The Balaban J connectivity index is 2.78. The van der Waals surface area contributed by atoms with Gasteiger partial charge in [-0.25, -0.2) is 0 Å². The lowest BCUT2D eigenvalue weighted by Crippen LogP contribution is -2.21. The van der Waals surface area contributed by atoms with E-state index in [9.17, 15) is 18.0 Å². The zero-order valence-corrected chi connectivity index (χ0v) is 10.7. The third kappa shape index (κ3) is 4.78. The van der Waals surface area contributed by atoms with Gasteiger partial charge in [0, 0.05) is 24.3 Å². The van der Waals surface area contributed by atoms with Gasteiger partial charge in [0.1, 0.15) is 0 Å². The normalized spacial score (nSPS) is 11.7. The first-order chi connectivity index (χ1) is 8.70. The molecule has 0 aromatic heterocycles. The molecule has 0 aliphatic heterocycles. The number of nitrogens with zero attached hydrogens (tertiary/aromatic N) is 1. The average Bonchev–Trinajstić information content (AvgIpc) is 2.27. The molecule has 0 spiro atoms. The molecule has 3 N–H and O–H groups in total. The molecule has 0 bridgehead atoms. The second-order valence-corrected chi connectivity index (χ2v) is 4.40. The Morgan fingerprint density at radius 3 is 2.53 bits per heavy atom. The molecule has 4 nitrogen and oxygen atoms in total. The molecule has 0 heterocycles. The van der Waals surface area contributed by atoms with Crippen LogP contribution in [0.15, 0.2) is 18.2 Å². The smallest absolute Gasteiger partial charge is 0.398 e. The van der Waals surface area contributed by atoms with Crippen LogP contribution >= 0.6 is 0 Å². The minimum absolute atomic E-state index is 0.0882. The molecular weight excluding hydrogens is 259 g/mol. The van der Waals surface area contributed by atoms with Gasteiger partial charge in [0.05, 0.1) is 5.56 Å². The molecule has 1 aromatic rings. The van der Waals surface area contributed by atoms with Crippen molar-refractivity contribution >= 4 is 17.3 Å². The summed E-state index contributed by atoms with van der Waals surface area (Å²) in [5, 5.41) is 2.42.